The van der Waals surface area contributed by atoms with E-state index in [1.165, 1.54) is 5.56 Å². The zero-order valence-electron chi connectivity index (χ0n) is 11.3. The number of carbonyl (C=O) groups excluding carboxylic acids is 1. The molecule has 20 heavy (non-hydrogen) atoms. The standard InChI is InChI=1S/C17H16O3/c1-3-17(18)20-16-6-4-5-15(11-16)19-12-14-9-7-13(2)8-10-14/h3-11H,1,12H2,2H3. The minimum Gasteiger partial charge on any atom is -0.489 e. The zero-order chi connectivity index (χ0) is 14.4. The van der Waals surface area contributed by atoms with Crippen LogP contribution in [0.3, 0.4) is 0 Å². The van der Waals surface area contributed by atoms with Gasteiger partial charge in [0.15, 0.2) is 0 Å². The molecular formula is C17H16O3. The molecule has 0 aliphatic carbocycles. The van der Waals surface area contributed by atoms with Crippen molar-refractivity contribution >= 4 is 5.97 Å². The van der Waals surface area contributed by atoms with Crippen LogP contribution in [-0.2, 0) is 11.4 Å². The molecule has 3 nitrogen and oxygen atoms in total. The topological polar surface area (TPSA) is 35.5 Å². The third kappa shape index (κ3) is 3.99. The highest BCUT2D eigenvalue weighted by Gasteiger charge is 2.02. The maximum atomic E-state index is 11.1. The van der Waals surface area contributed by atoms with Gasteiger partial charge in [-0.3, -0.25) is 0 Å². The first-order valence-corrected chi connectivity index (χ1v) is 6.30. The largest absolute Gasteiger partial charge is 0.489 e. The molecule has 0 saturated heterocycles. The van der Waals surface area contributed by atoms with Gasteiger partial charge in [-0.2, -0.15) is 0 Å². The fraction of sp³-hybridized carbons (Fsp3) is 0.118. The molecule has 2 rings (SSSR count). The molecule has 0 fully saturated rings. The fourth-order valence-electron chi connectivity index (χ4n) is 1.64. The molecule has 0 spiro atoms. The number of hydrogen-bond donors (Lipinski definition) is 0. The first-order chi connectivity index (χ1) is 9.67. The van der Waals surface area contributed by atoms with E-state index in [1.54, 1.807) is 18.2 Å². The number of rotatable bonds is 5. The van der Waals surface area contributed by atoms with Gasteiger partial charge in [-0.1, -0.05) is 42.5 Å². The van der Waals surface area contributed by atoms with Crippen LogP contribution >= 0.6 is 0 Å². The summed E-state index contributed by atoms with van der Waals surface area (Å²) in [6, 6.07) is 15.1. The van der Waals surface area contributed by atoms with E-state index >= 15 is 0 Å². The zero-order valence-corrected chi connectivity index (χ0v) is 11.3. The van der Waals surface area contributed by atoms with E-state index in [0.29, 0.717) is 18.1 Å². The predicted molar refractivity (Wildman–Crippen MR) is 77.8 cm³/mol. The number of benzene rings is 2. The Balaban J connectivity index is 1.99. The molecule has 2 aromatic rings. The highest BCUT2D eigenvalue weighted by atomic mass is 16.5. The molecule has 2 aromatic carbocycles. The van der Waals surface area contributed by atoms with Crippen LogP contribution in [0.25, 0.3) is 0 Å². The Bertz CT molecular complexity index is 600. The Morgan fingerprint density at radius 3 is 2.55 bits per heavy atom. The molecule has 0 atom stereocenters. The van der Waals surface area contributed by atoms with E-state index in [-0.39, 0.29) is 0 Å². The fourth-order valence-corrected chi connectivity index (χ4v) is 1.64. The predicted octanol–water partition coefficient (Wildman–Crippen LogP) is 3.67. The molecule has 0 aliphatic heterocycles. The van der Waals surface area contributed by atoms with Crippen molar-refractivity contribution in [2.45, 2.75) is 13.5 Å². The lowest BCUT2D eigenvalue weighted by Gasteiger charge is -2.08. The number of carbonyl (C=O) groups is 1. The molecule has 3 heteroatoms. The van der Waals surface area contributed by atoms with Crippen LogP contribution < -0.4 is 9.47 Å². The van der Waals surface area contributed by atoms with Gasteiger partial charge in [0.05, 0.1) is 0 Å². The minimum atomic E-state index is -0.485. The van der Waals surface area contributed by atoms with Crippen LogP contribution in [0.5, 0.6) is 11.5 Å². The minimum absolute atomic E-state index is 0.441. The third-order valence-electron chi connectivity index (χ3n) is 2.72. The van der Waals surface area contributed by atoms with Crippen molar-refractivity contribution in [1.82, 2.24) is 0 Å². The first-order valence-electron chi connectivity index (χ1n) is 6.30. The van der Waals surface area contributed by atoms with Crippen LogP contribution in [-0.4, -0.2) is 5.97 Å². The molecule has 0 radical (unpaired) electrons. The van der Waals surface area contributed by atoms with Crippen molar-refractivity contribution in [3.05, 3.63) is 72.3 Å². The third-order valence-corrected chi connectivity index (χ3v) is 2.72. The molecular weight excluding hydrogens is 252 g/mol. The summed E-state index contributed by atoms with van der Waals surface area (Å²) in [5, 5.41) is 0. The van der Waals surface area contributed by atoms with Gasteiger partial charge in [0.2, 0.25) is 0 Å². The lowest BCUT2D eigenvalue weighted by atomic mass is 10.2. The van der Waals surface area contributed by atoms with Gasteiger partial charge in [0.25, 0.3) is 0 Å². The normalized spacial score (nSPS) is 9.85. The summed E-state index contributed by atoms with van der Waals surface area (Å²) >= 11 is 0. The van der Waals surface area contributed by atoms with Crippen molar-refractivity contribution in [2.24, 2.45) is 0 Å². The Kier molecular flexibility index (Phi) is 4.56. The summed E-state index contributed by atoms with van der Waals surface area (Å²) < 4.78 is 10.7. The number of aryl methyl sites for hydroxylation is 1. The maximum absolute atomic E-state index is 11.1. The van der Waals surface area contributed by atoms with Gasteiger partial charge in [-0.05, 0) is 24.6 Å². The Morgan fingerprint density at radius 2 is 1.85 bits per heavy atom. The van der Waals surface area contributed by atoms with Crippen LogP contribution in [0.4, 0.5) is 0 Å². The highest BCUT2D eigenvalue weighted by Crippen LogP contribution is 2.20. The summed E-state index contributed by atoms with van der Waals surface area (Å²) in [6.45, 7) is 5.87. The van der Waals surface area contributed by atoms with E-state index in [0.717, 1.165) is 11.6 Å². The summed E-state index contributed by atoms with van der Waals surface area (Å²) in [5.41, 5.74) is 2.30. The summed E-state index contributed by atoms with van der Waals surface area (Å²) in [5.74, 6) is 0.608. The average molecular weight is 268 g/mol. The van der Waals surface area contributed by atoms with Gasteiger partial charge in [0.1, 0.15) is 18.1 Å². The highest BCUT2D eigenvalue weighted by molar-refractivity contribution is 5.83. The molecule has 0 heterocycles. The molecule has 0 bridgehead atoms. The summed E-state index contributed by atoms with van der Waals surface area (Å²) in [4.78, 5) is 11.1. The van der Waals surface area contributed by atoms with Crippen LogP contribution in [0.2, 0.25) is 0 Å². The van der Waals surface area contributed by atoms with Crippen LogP contribution in [0.15, 0.2) is 61.2 Å². The van der Waals surface area contributed by atoms with Crippen LogP contribution in [0.1, 0.15) is 11.1 Å². The van der Waals surface area contributed by atoms with E-state index < -0.39 is 5.97 Å². The lowest BCUT2D eigenvalue weighted by Crippen LogP contribution is -2.03. The van der Waals surface area contributed by atoms with Crippen molar-refractivity contribution in [3.8, 4) is 11.5 Å². The second kappa shape index (κ2) is 6.57. The van der Waals surface area contributed by atoms with E-state index in [1.807, 2.05) is 37.3 Å². The smallest absolute Gasteiger partial charge is 0.335 e. The van der Waals surface area contributed by atoms with Gasteiger partial charge in [-0.25, -0.2) is 4.79 Å². The molecule has 0 saturated carbocycles. The number of hydrogen-bond acceptors (Lipinski definition) is 3. The van der Waals surface area contributed by atoms with Crippen molar-refractivity contribution in [3.63, 3.8) is 0 Å². The van der Waals surface area contributed by atoms with Gasteiger partial charge >= 0.3 is 5.97 Å². The number of ether oxygens (including phenoxy) is 2. The average Bonchev–Trinajstić information content (AvgIpc) is 2.47. The summed E-state index contributed by atoms with van der Waals surface area (Å²) in [7, 11) is 0. The van der Waals surface area contributed by atoms with Crippen LogP contribution in [0, 0.1) is 6.92 Å². The Hall–Kier alpha value is -2.55. The quantitative estimate of drug-likeness (QED) is 0.471. The van der Waals surface area contributed by atoms with Crippen molar-refractivity contribution in [2.75, 3.05) is 0 Å². The van der Waals surface area contributed by atoms with E-state index in [9.17, 15) is 4.79 Å². The van der Waals surface area contributed by atoms with Gasteiger partial charge in [-0.15, -0.1) is 0 Å². The molecule has 0 N–H and O–H groups in total. The first kappa shape index (κ1) is 13.9. The second-order valence-electron chi connectivity index (χ2n) is 4.37. The SMILES string of the molecule is C=CC(=O)Oc1cccc(OCc2ccc(C)cc2)c1. The van der Waals surface area contributed by atoms with E-state index in [4.69, 9.17) is 9.47 Å². The second-order valence-corrected chi connectivity index (χ2v) is 4.37. The number of esters is 1. The monoisotopic (exact) mass is 268 g/mol. The van der Waals surface area contributed by atoms with Crippen molar-refractivity contribution < 1.29 is 14.3 Å². The Morgan fingerprint density at radius 1 is 1.15 bits per heavy atom. The molecule has 102 valence electrons. The van der Waals surface area contributed by atoms with Gasteiger partial charge < -0.3 is 9.47 Å². The van der Waals surface area contributed by atoms with Crippen molar-refractivity contribution in [1.29, 1.82) is 0 Å². The summed E-state index contributed by atoms with van der Waals surface area (Å²) in [6.07, 6.45) is 1.12. The molecule has 0 amide bonds. The van der Waals surface area contributed by atoms with Gasteiger partial charge in [0, 0.05) is 12.1 Å². The maximum Gasteiger partial charge on any atom is 0.335 e. The molecule has 0 unspecified atom stereocenters. The Labute approximate surface area is 118 Å². The lowest BCUT2D eigenvalue weighted by molar-refractivity contribution is -0.128. The molecule has 0 aromatic heterocycles. The molecule has 0 aliphatic rings. The van der Waals surface area contributed by atoms with E-state index in [2.05, 4.69) is 6.58 Å².